The highest BCUT2D eigenvalue weighted by Gasteiger charge is 2.43. The molecule has 1 N–H and O–H groups in total. The second-order valence-corrected chi connectivity index (χ2v) is 6.29. The molecule has 1 atom stereocenters. The lowest BCUT2D eigenvalue weighted by molar-refractivity contribution is -0.128. The third-order valence-corrected chi connectivity index (χ3v) is 4.64. The fourth-order valence-electron chi connectivity index (χ4n) is 3.01. The summed E-state index contributed by atoms with van der Waals surface area (Å²) in [5.74, 6) is -0.0603. The molecule has 1 aromatic rings. The van der Waals surface area contributed by atoms with Crippen LogP contribution in [0.1, 0.15) is 26.2 Å². The summed E-state index contributed by atoms with van der Waals surface area (Å²) in [5, 5.41) is 3.05. The van der Waals surface area contributed by atoms with Crippen LogP contribution in [0.4, 0.5) is 0 Å². The lowest BCUT2D eigenvalue weighted by Gasteiger charge is -2.18. The van der Waals surface area contributed by atoms with Gasteiger partial charge in [0.1, 0.15) is 0 Å². The molecule has 0 unspecified atom stereocenters. The molecule has 3 rings (SSSR count). The van der Waals surface area contributed by atoms with Crippen LogP contribution in [-0.4, -0.2) is 45.9 Å². The molecular weight excluding hydrogens is 268 g/mol. The van der Waals surface area contributed by atoms with Crippen molar-refractivity contribution in [3.8, 4) is 0 Å². The minimum absolute atomic E-state index is 0.0243. The lowest BCUT2D eigenvalue weighted by Crippen LogP contribution is -2.37. The molecule has 6 heteroatoms. The first kappa shape index (κ1) is 14.1. The van der Waals surface area contributed by atoms with Crippen molar-refractivity contribution in [2.75, 3.05) is 19.6 Å². The van der Waals surface area contributed by atoms with Gasteiger partial charge >= 0.3 is 0 Å². The molecule has 6 nitrogen and oxygen atoms in total. The van der Waals surface area contributed by atoms with Crippen LogP contribution >= 0.6 is 0 Å². The molecule has 1 aliphatic carbocycles. The Morgan fingerprint density at radius 1 is 1.52 bits per heavy atom. The number of nitrogens with one attached hydrogen (secondary N) is 1. The highest BCUT2D eigenvalue weighted by atomic mass is 16.2. The third kappa shape index (κ3) is 3.09. The van der Waals surface area contributed by atoms with Crippen LogP contribution in [0, 0.1) is 11.3 Å². The molecule has 1 aliphatic heterocycles. The van der Waals surface area contributed by atoms with Crippen LogP contribution < -0.4 is 5.32 Å². The quantitative estimate of drug-likeness (QED) is 0.836. The molecule has 2 heterocycles. The highest BCUT2D eigenvalue weighted by Crippen LogP contribution is 2.46. The van der Waals surface area contributed by atoms with E-state index in [4.69, 9.17) is 0 Å². The number of carbonyl (C=O) groups is 2. The van der Waals surface area contributed by atoms with Gasteiger partial charge in [0, 0.05) is 50.4 Å². The zero-order chi connectivity index (χ0) is 14.9. The molecule has 2 fully saturated rings. The standard InChI is InChI=1S/C15H22N4O2/c1-2-19-8-12(7-13(19)20)14(21)17-9-15(3-4-15)10-18-6-5-16-11-18/h5-6,11-12H,2-4,7-10H2,1H3,(H,17,21)/t12-/m1/s1. The van der Waals surface area contributed by atoms with E-state index in [0.717, 1.165) is 19.4 Å². The number of aromatic nitrogens is 2. The highest BCUT2D eigenvalue weighted by molar-refractivity contribution is 5.89. The molecule has 2 aliphatic rings. The molecule has 0 bridgehead atoms. The second-order valence-electron chi connectivity index (χ2n) is 6.29. The van der Waals surface area contributed by atoms with Crippen molar-refractivity contribution in [1.29, 1.82) is 0 Å². The molecule has 2 amide bonds. The Balaban J connectivity index is 1.49. The number of imidazole rings is 1. The number of amides is 2. The average molecular weight is 290 g/mol. The van der Waals surface area contributed by atoms with Crippen molar-refractivity contribution >= 4 is 11.8 Å². The Bertz CT molecular complexity index is 522. The summed E-state index contributed by atoms with van der Waals surface area (Å²) in [7, 11) is 0. The maximum atomic E-state index is 12.2. The van der Waals surface area contributed by atoms with Crippen molar-refractivity contribution in [3.05, 3.63) is 18.7 Å². The summed E-state index contributed by atoms with van der Waals surface area (Å²) in [6.07, 6.45) is 8.17. The van der Waals surface area contributed by atoms with Gasteiger partial charge in [0.05, 0.1) is 12.2 Å². The Morgan fingerprint density at radius 2 is 2.33 bits per heavy atom. The zero-order valence-electron chi connectivity index (χ0n) is 12.4. The van der Waals surface area contributed by atoms with Gasteiger partial charge in [-0.25, -0.2) is 4.98 Å². The van der Waals surface area contributed by atoms with Crippen LogP contribution in [0.15, 0.2) is 18.7 Å². The molecule has 114 valence electrons. The molecule has 21 heavy (non-hydrogen) atoms. The second kappa shape index (κ2) is 5.50. The van der Waals surface area contributed by atoms with Gasteiger partial charge in [-0.05, 0) is 19.8 Å². The monoisotopic (exact) mass is 290 g/mol. The van der Waals surface area contributed by atoms with Gasteiger partial charge in [0.2, 0.25) is 11.8 Å². The molecule has 0 aromatic carbocycles. The lowest BCUT2D eigenvalue weighted by atomic mass is 10.1. The molecular formula is C15H22N4O2. The zero-order valence-corrected chi connectivity index (χ0v) is 12.4. The van der Waals surface area contributed by atoms with Gasteiger partial charge in [-0.2, -0.15) is 0 Å². The Kier molecular flexibility index (Phi) is 3.69. The van der Waals surface area contributed by atoms with Gasteiger partial charge in [-0.15, -0.1) is 0 Å². The smallest absolute Gasteiger partial charge is 0.225 e. The SMILES string of the molecule is CCN1C[C@H](C(=O)NCC2(Cn3ccnc3)CC2)CC1=O. The summed E-state index contributed by atoms with van der Waals surface area (Å²) in [6, 6.07) is 0. The summed E-state index contributed by atoms with van der Waals surface area (Å²) in [5.41, 5.74) is 0.184. The maximum Gasteiger partial charge on any atom is 0.225 e. The fourth-order valence-corrected chi connectivity index (χ4v) is 3.01. The van der Waals surface area contributed by atoms with Gasteiger partial charge < -0.3 is 14.8 Å². The van der Waals surface area contributed by atoms with Crippen molar-refractivity contribution in [1.82, 2.24) is 19.8 Å². The van der Waals surface area contributed by atoms with E-state index in [0.29, 0.717) is 26.1 Å². The summed E-state index contributed by atoms with van der Waals surface area (Å²) >= 11 is 0. The van der Waals surface area contributed by atoms with Crippen molar-refractivity contribution in [3.63, 3.8) is 0 Å². The van der Waals surface area contributed by atoms with Crippen LogP contribution in [0.5, 0.6) is 0 Å². The molecule has 1 aromatic heterocycles. The van der Waals surface area contributed by atoms with E-state index < -0.39 is 0 Å². The number of nitrogens with zero attached hydrogens (tertiary/aromatic N) is 3. The van der Waals surface area contributed by atoms with Gasteiger partial charge in [0.25, 0.3) is 0 Å². The molecule has 0 spiro atoms. The van der Waals surface area contributed by atoms with Crippen molar-refractivity contribution < 1.29 is 9.59 Å². The van der Waals surface area contributed by atoms with Crippen LogP contribution in [-0.2, 0) is 16.1 Å². The van der Waals surface area contributed by atoms with E-state index in [1.165, 1.54) is 0 Å². The van der Waals surface area contributed by atoms with Crippen LogP contribution in [0.25, 0.3) is 0 Å². The first-order valence-electron chi connectivity index (χ1n) is 7.63. The van der Waals surface area contributed by atoms with Crippen molar-refractivity contribution in [2.45, 2.75) is 32.7 Å². The predicted octanol–water partition coefficient (Wildman–Crippen LogP) is 0.648. The summed E-state index contributed by atoms with van der Waals surface area (Å²) < 4.78 is 2.07. The topological polar surface area (TPSA) is 67.2 Å². The molecule has 1 saturated carbocycles. The summed E-state index contributed by atoms with van der Waals surface area (Å²) in [6.45, 7) is 4.80. The van der Waals surface area contributed by atoms with Gasteiger partial charge in [-0.1, -0.05) is 0 Å². The van der Waals surface area contributed by atoms with E-state index in [2.05, 4.69) is 14.9 Å². The molecule has 1 saturated heterocycles. The number of hydrogen-bond acceptors (Lipinski definition) is 3. The average Bonchev–Trinajstić information content (AvgIpc) is 2.87. The Labute approximate surface area is 124 Å². The maximum absolute atomic E-state index is 12.2. The van der Waals surface area contributed by atoms with Crippen molar-refractivity contribution in [2.24, 2.45) is 11.3 Å². The van der Waals surface area contributed by atoms with E-state index >= 15 is 0 Å². The number of hydrogen-bond donors (Lipinski definition) is 1. The normalized spacial score (nSPS) is 23.4. The first-order valence-corrected chi connectivity index (χ1v) is 7.63. The van der Waals surface area contributed by atoms with Crippen LogP contribution in [0.3, 0.4) is 0 Å². The van der Waals surface area contributed by atoms with Gasteiger partial charge in [0.15, 0.2) is 0 Å². The minimum atomic E-state index is -0.179. The predicted molar refractivity (Wildman–Crippen MR) is 77.3 cm³/mol. The van der Waals surface area contributed by atoms with E-state index in [1.807, 2.05) is 19.4 Å². The number of likely N-dealkylation sites (tertiary alicyclic amines) is 1. The third-order valence-electron chi connectivity index (χ3n) is 4.64. The first-order chi connectivity index (χ1) is 10.1. The number of carbonyl (C=O) groups excluding carboxylic acids is 2. The fraction of sp³-hybridized carbons (Fsp3) is 0.667. The van der Waals surface area contributed by atoms with E-state index in [9.17, 15) is 9.59 Å². The van der Waals surface area contributed by atoms with E-state index in [-0.39, 0.29) is 23.1 Å². The minimum Gasteiger partial charge on any atom is -0.355 e. The number of rotatable bonds is 6. The largest absolute Gasteiger partial charge is 0.355 e. The Hall–Kier alpha value is -1.85. The van der Waals surface area contributed by atoms with Gasteiger partial charge in [-0.3, -0.25) is 9.59 Å². The Morgan fingerprint density at radius 3 is 2.90 bits per heavy atom. The molecule has 0 radical (unpaired) electrons. The van der Waals surface area contributed by atoms with E-state index in [1.54, 1.807) is 11.1 Å². The summed E-state index contributed by atoms with van der Waals surface area (Å²) in [4.78, 5) is 29.7. The van der Waals surface area contributed by atoms with Crippen LogP contribution in [0.2, 0.25) is 0 Å².